The normalized spacial score (nSPS) is 10.8. The van der Waals surface area contributed by atoms with Crippen molar-refractivity contribution in [3.8, 4) is 5.75 Å². The molecular formula is C21H23N3O3S. The molecule has 0 saturated heterocycles. The first kappa shape index (κ1) is 19.8. The summed E-state index contributed by atoms with van der Waals surface area (Å²) in [6, 6.07) is 12.6. The van der Waals surface area contributed by atoms with E-state index in [0.29, 0.717) is 34.4 Å². The maximum atomic E-state index is 12.5. The predicted octanol–water partition coefficient (Wildman–Crippen LogP) is 3.70. The first-order chi connectivity index (χ1) is 13.5. The van der Waals surface area contributed by atoms with Gasteiger partial charge in [-0.25, -0.2) is 0 Å². The number of unbranched alkanes of at least 4 members (excludes halogenated alkanes) is 1. The molecule has 0 radical (unpaired) electrons. The van der Waals surface area contributed by atoms with Gasteiger partial charge >= 0.3 is 0 Å². The first-order valence-electron chi connectivity index (χ1n) is 9.22. The fourth-order valence-corrected chi connectivity index (χ4v) is 3.00. The Morgan fingerprint density at radius 1 is 1.25 bits per heavy atom. The first-order valence-corrected chi connectivity index (χ1v) is 9.63. The van der Waals surface area contributed by atoms with Gasteiger partial charge < -0.3 is 15.0 Å². The molecule has 1 heterocycles. The average molecular weight is 398 g/mol. The highest BCUT2D eigenvalue weighted by atomic mass is 32.1. The van der Waals surface area contributed by atoms with Gasteiger partial charge in [0.05, 0.1) is 17.5 Å². The van der Waals surface area contributed by atoms with Gasteiger partial charge in [0, 0.05) is 19.2 Å². The summed E-state index contributed by atoms with van der Waals surface area (Å²) in [5.74, 6) is 0.577. The summed E-state index contributed by atoms with van der Waals surface area (Å²) in [6.45, 7) is 3.19. The van der Waals surface area contributed by atoms with Gasteiger partial charge in [0.15, 0.2) is 4.77 Å². The molecule has 28 heavy (non-hydrogen) atoms. The second-order valence-corrected chi connectivity index (χ2v) is 6.97. The third kappa shape index (κ3) is 4.48. The van der Waals surface area contributed by atoms with Crippen molar-refractivity contribution in [1.82, 2.24) is 14.9 Å². The number of nitrogens with zero attached hydrogens (tertiary/aromatic N) is 1. The number of fused-ring (bicyclic) bond motifs is 1. The molecule has 1 amide bonds. The van der Waals surface area contributed by atoms with E-state index in [2.05, 4.69) is 17.2 Å². The van der Waals surface area contributed by atoms with Crippen molar-refractivity contribution < 1.29 is 9.53 Å². The molecule has 0 aliphatic rings. The van der Waals surface area contributed by atoms with Crippen LogP contribution in [0.1, 0.15) is 35.7 Å². The molecule has 0 aliphatic carbocycles. The zero-order valence-corrected chi connectivity index (χ0v) is 16.8. The molecule has 7 heteroatoms. The molecule has 2 N–H and O–H groups in total. The van der Waals surface area contributed by atoms with Crippen LogP contribution >= 0.6 is 12.2 Å². The molecule has 2 aromatic carbocycles. The van der Waals surface area contributed by atoms with Crippen molar-refractivity contribution in [3.63, 3.8) is 0 Å². The minimum absolute atomic E-state index is 0.189. The van der Waals surface area contributed by atoms with Crippen LogP contribution in [-0.4, -0.2) is 22.1 Å². The largest absolute Gasteiger partial charge is 0.494 e. The Kier molecular flexibility index (Phi) is 6.26. The number of amides is 1. The van der Waals surface area contributed by atoms with Crippen LogP contribution in [0.4, 0.5) is 0 Å². The number of aromatic nitrogens is 2. The maximum absolute atomic E-state index is 12.5. The lowest BCUT2D eigenvalue weighted by molar-refractivity contribution is 0.0951. The van der Waals surface area contributed by atoms with Crippen molar-refractivity contribution in [2.75, 3.05) is 6.61 Å². The molecule has 0 bridgehead atoms. The van der Waals surface area contributed by atoms with Gasteiger partial charge in [-0.2, -0.15) is 0 Å². The highest BCUT2D eigenvalue weighted by molar-refractivity contribution is 7.71. The highest BCUT2D eigenvalue weighted by Gasteiger charge is 2.09. The molecule has 0 unspecified atom stereocenters. The Hall–Kier alpha value is -2.93. The third-order valence-corrected chi connectivity index (χ3v) is 4.86. The van der Waals surface area contributed by atoms with E-state index in [1.54, 1.807) is 25.2 Å². The van der Waals surface area contributed by atoms with Gasteiger partial charge in [-0.15, -0.1) is 0 Å². The summed E-state index contributed by atoms with van der Waals surface area (Å²) in [5, 5.41) is 3.39. The van der Waals surface area contributed by atoms with E-state index in [9.17, 15) is 9.59 Å². The van der Waals surface area contributed by atoms with Crippen LogP contribution in [0.25, 0.3) is 10.9 Å². The van der Waals surface area contributed by atoms with Crippen LogP contribution in [-0.2, 0) is 13.6 Å². The minimum Gasteiger partial charge on any atom is -0.494 e. The molecule has 3 rings (SSSR count). The molecule has 0 fully saturated rings. The molecule has 0 spiro atoms. The van der Waals surface area contributed by atoms with Crippen molar-refractivity contribution in [3.05, 3.63) is 68.7 Å². The molecular weight excluding hydrogens is 374 g/mol. The van der Waals surface area contributed by atoms with Crippen molar-refractivity contribution in [1.29, 1.82) is 0 Å². The standard InChI is InChI=1S/C21H23N3O3S/c1-3-4-10-27-16-7-5-6-14(11-16)13-22-19(25)15-8-9-17-18(12-15)23-21(28)24(2)20(17)26/h5-9,11-12H,3-4,10,13H2,1-2H3,(H,22,25)(H,23,28). The summed E-state index contributed by atoms with van der Waals surface area (Å²) in [5.41, 5.74) is 1.77. The number of nitrogens with one attached hydrogen (secondary N) is 2. The predicted molar refractivity (Wildman–Crippen MR) is 112 cm³/mol. The molecule has 146 valence electrons. The van der Waals surface area contributed by atoms with Crippen LogP contribution in [0, 0.1) is 4.77 Å². The van der Waals surface area contributed by atoms with Crippen molar-refractivity contribution >= 4 is 29.0 Å². The number of carbonyl (C=O) groups excluding carboxylic acids is 1. The number of ether oxygens (including phenoxy) is 1. The van der Waals surface area contributed by atoms with Crippen LogP contribution in [0.3, 0.4) is 0 Å². The topological polar surface area (TPSA) is 76.1 Å². The number of rotatable bonds is 7. The van der Waals surface area contributed by atoms with E-state index in [1.807, 2.05) is 24.3 Å². The summed E-state index contributed by atoms with van der Waals surface area (Å²) in [4.78, 5) is 27.7. The maximum Gasteiger partial charge on any atom is 0.261 e. The number of H-pyrrole nitrogens is 1. The zero-order valence-electron chi connectivity index (χ0n) is 16.0. The SMILES string of the molecule is CCCCOc1cccc(CNC(=O)c2ccc3c(=O)n(C)c(=S)[nH]c3c2)c1. The van der Waals surface area contributed by atoms with E-state index in [0.717, 1.165) is 24.2 Å². The van der Waals surface area contributed by atoms with Crippen LogP contribution < -0.4 is 15.6 Å². The summed E-state index contributed by atoms with van der Waals surface area (Å²) in [6.07, 6.45) is 2.09. The molecule has 0 atom stereocenters. The van der Waals surface area contributed by atoms with E-state index in [-0.39, 0.29) is 11.5 Å². The van der Waals surface area contributed by atoms with Crippen LogP contribution in [0.2, 0.25) is 0 Å². The Morgan fingerprint density at radius 3 is 2.86 bits per heavy atom. The van der Waals surface area contributed by atoms with Crippen molar-refractivity contribution in [2.45, 2.75) is 26.3 Å². The van der Waals surface area contributed by atoms with Crippen LogP contribution in [0.5, 0.6) is 5.75 Å². The third-order valence-electron chi connectivity index (χ3n) is 4.48. The molecule has 0 saturated carbocycles. The van der Waals surface area contributed by atoms with E-state index < -0.39 is 0 Å². The summed E-state index contributed by atoms with van der Waals surface area (Å²) in [7, 11) is 1.61. The molecule has 6 nitrogen and oxygen atoms in total. The van der Waals surface area contributed by atoms with Gasteiger partial charge in [0.25, 0.3) is 11.5 Å². The lowest BCUT2D eigenvalue weighted by Crippen LogP contribution is -2.23. The highest BCUT2D eigenvalue weighted by Crippen LogP contribution is 2.15. The van der Waals surface area contributed by atoms with Crippen molar-refractivity contribution in [2.24, 2.45) is 7.05 Å². The minimum atomic E-state index is -0.223. The second kappa shape index (κ2) is 8.84. The molecule has 1 aromatic heterocycles. The fourth-order valence-electron chi connectivity index (χ4n) is 2.81. The lowest BCUT2D eigenvalue weighted by atomic mass is 10.1. The fraction of sp³-hybridized carbons (Fsp3) is 0.286. The number of benzene rings is 2. The quantitative estimate of drug-likeness (QED) is 0.471. The van der Waals surface area contributed by atoms with Gasteiger partial charge in [0.2, 0.25) is 0 Å². The second-order valence-electron chi connectivity index (χ2n) is 6.59. The summed E-state index contributed by atoms with van der Waals surface area (Å²) < 4.78 is 7.38. The van der Waals surface area contributed by atoms with Crippen LogP contribution in [0.15, 0.2) is 47.3 Å². The van der Waals surface area contributed by atoms with E-state index in [4.69, 9.17) is 17.0 Å². The Morgan fingerprint density at radius 2 is 2.07 bits per heavy atom. The van der Waals surface area contributed by atoms with Gasteiger partial charge in [-0.1, -0.05) is 25.5 Å². The number of aromatic amines is 1. The number of hydrogen-bond donors (Lipinski definition) is 2. The Balaban J connectivity index is 1.71. The smallest absolute Gasteiger partial charge is 0.261 e. The monoisotopic (exact) mass is 397 g/mol. The summed E-state index contributed by atoms with van der Waals surface area (Å²) >= 11 is 5.14. The van der Waals surface area contributed by atoms with E-state index >= 15 is 0 Å². The van der Waals surface area contributed by atoms with Gasteiger partial charge in [0.1, 0.15) is 5.75 Å². The number of hydrogen-bond acceptors (Lipinski definition) is 4. The lowest BCUT2D eigenvalue weighted by Gasteiger charge is -2.09. The van der Waals surface area contributed by atoms with Gasteiger partial charge in [-0.3, -0.25) is 14.2 Å². The average Bonchev–Trinajstić information content (AvgIpc) is 2.70. The number of carbonyl (C=O) groups is 1. The Bertz CT molecular complexity index is 1120. The Labute approximate surface area is 168 Å². The zero-order chi connectivity index (χ0) is 20.1. The molecule has 0 aliphatic heterocycles. The molecule has 3 aromatic rings. The van der Waals surface area contributed by atoms with E-state index in [1.165, 1.54) is 4.57 Å². The van der Waals surface area contributed by atoms with Gasteiger partial charge in [-0.05, 0) is 54.5 Å².